The summed E-state index contributed by atoms with van der Waals surface area (Å²) in [7, 11) is 3.60. The number of halogens is 2. The number of likely N-dealkylation sites (tertiary alicyclic amines) is 1. The average molecular weight is 451 g/mol. The van der Waals surface area contributed by atoms with Gasteiger partial charge in [-0.05, 0) is 48.9 Å². The van der Waals surface area contributed by atoms with Gasteiger partial charge >= 0.3 is 0 Å². The number of hydrogen-bond acceptors (Lipinski definition) is 4. The van der Waals surface area contributed by atoms with Crippen LogP contribution in [0.2, 0.25) is 5.02 Å². The Bertz CT molecular complexity index is 908. The van der Waals surface area contributed by atoms with Crippen LogP contribution in [0.5, 0.6) is 0 Å². The number of nitrogens with zero attached hydrogens (tertiary/aromatic N) is 2. The van der Waals surface area contributed by atoms with E-state index in [0.717, 1.165) is 48.4 Å². The van der Waals surface area contributed by atoms with E-state index in [4.69, 9.17) is 16.3 Å². The average Bonchev–Trinajstić information content (AvgIpc) is 3.12. The fourth-order valence-corrected chi connectivity index (χ4v) is 6.04. The molecule has 2 aliphatic rings. The van der Waals surface area contributed by atoms with E-state index in [1.165, 1.54) is 11.3 Å². The highest BCUT2D eigenvalue weighted by Gasteiger charge is 2.43. The minimum atomic E-state index is -0.358. The number of ether oxygens (including phenoxy) is 1. The maximum atomic E-state index is 13.9. The maximum absolute atomic E-state index is 13.9. The highest BCUT2D eigenvalue weighted by Crippen LogP contribution is 2.45. The molecule has 3 heterocycles. The molecule has 162 valence electrons. The van der Waals surface area contributed by atoms with Gasteiger partial charge in [0.05, 0.1) is 12.5 Å². The van der Waals surface area contributed by atoms with Crippen LogP contribution in [-0.4, -0.2) is 56.0 Å². The third kappa shape index (κ3) is 4.42. The molecule has 1 aromatic heterocycles. The van der Waals surface area contributed by atoms with Gasteiger partial charge in [0.15, 0.2) is 5.13 Å². The van der Waals surface area contributed by atoms with Gasteiger partial charge in [-0.1, -0.05) is 29.8 Å². The lowest BCUT2D eigenvalue weighted by atomic mass is 9.85. The van der Waals surface area contributed by atoms with E-state index >= 15 is 0 Å². The number of piperidine rings is 1. The largest absolute Gasteiger partial charge is 0.369 e. The molecule has 1 saturated heterocycles. The zero-order valence-electron chi connectivity index (χ0n) is 17.5. The SMILES string of the molecule is CN(C)C(=O)[C@H](Cc1ccccc1Cl)CN1CCC2(CC1)OCCc1cc(F)sc12. The summed E-state index contributed by atoms with van der Waals surface area (Å²) in [6, 6.07) is 9.40. The Morgan fingerprint density at radius 3 is 2.77 bits per heavy atom. The Labute approximate surface area is 186 Å². The van der Waals surface area contributed by atoms with E-state index in [0.29, 0.717) is 24.6 Å². The molecule has 7 heteroatoms. The fraction of sp³-hybridized carbons (Fsp3) is 0.522. The van der Waals surface area contributed by atoms with Gasteiger partial charge in [-0.3, -0.25) is 4.79 Å². The van der Waals surface area contributed by atoms with Crippen molar-refractivity contribution in [3.05, 3.63) is 56.5 Å². The number of benzene rings is 1. The van der Waals surface area contributed by atoms with E-state index in [-0.39, 0.29) is 22.6 Å². The second-order valence-corrected chi connectivity index (χ2v) is 9.93. The second kappa shape index (κ2) is 8.95. The molecule has 4 nitrogen and oxygen atoms in total. The summed E-state index contributed by atoms with van der Waals surface area (Å²) >= 11 is 7.60. The van der Waals surface area contributed by atoms with Gasteiger partial charge in [0.25, 0.3) is 0 Å². The predicted octanol–water partition coefficient (Wildman–Crippen LogP) is 4.35. The van der Waals surface area contributed by atoms with E-state index in [2.05, 4.69) is 4.90 Å². The quantitative estimate of drug-likeness (QED) is 0.678. The van der Waals surface area contributed by atoms with Crippen molar-refractivity contribution >= 4 is 28.8 Å². The summed E-state index contributed by atoms with van der Waals surface area (Å²) in [5.74, 6) is -0.0392. The lowest BCUT2D eigenvalue weighted by Gasteiger charge is -2.44. The van der Waals surface area contributed by atoms with Gasteiger partial charge in [0.1, 0.15) is 5.60 Å². The van der Waals surface area contributed by atoms with Crippen LogP contribution in [0.3, 0.4) is 0 Å². The smallest absolute Gasteiger partial charge is 0.226 e. The van der Waals surface area contributed by atoms with Gasteiger partial charge in [0, 0.05) is 43.6 Å². The lowest BCUT2D eigenvalue weighted by Crippen LogP contribution is -2.48. The number of rotatable bonds is 5. The Hall–Kier alpha value is -1.47. The molecule has 0 unspecified atom stereocenters. The normalized spacial score (nSPS) is 19.5. The Balaban J connectivity index is 1.45. The molecule has 1 fully saturated rings. The summed E-state index contributed by atoms with van der Waals surface area (Å²) in [4.78, 5) is 18.0. The van der Waals surface area contributed by atoms with Gasteiger partial charge < -0.3 is 14.5 Å². The van der Waals surface area contributed by atoms with Crippen molar-refractivity contribution < 1.29 is 13.9 Å². The minimum Gasteiger partial charge on any atom is -0.369 e. The first-order valence-corrected chi connectivity index (χ1v) is 11.7. The van der Waals surface area contributed by atoms with Gasteiger partial charge in [-0.25, -0.2) is 0 Å². The Kier molecular flexibility index (Phi) is 6.49. The number of thiophene rings is 1. The maximum Gasteiger partial charge on any atom is 0.226 e. The molecular formula is C23H28ClFN2O2S. The molecule has 1 spiro atoms. The molecule has 0 N–H and O–H groups in total. The van der Waals surface area contributed by atoms with Gasteiger partial charge in [-0.2, -0.15) is 4.39 Å². The highest BCUT2D eigenvalue weighted by atomic mass is 35.5. The minimum absolute atomic E-state index is 0.117. The van der Waals surface area contributed by atoms with Gasteiger partial charge in [-0.15, -0.1) is 11.3 Å². The summed E-state index contributed by atoms with van der Waals surface area (Å²) in [6.07, 6.45) is 3.07. The van der Waals surface area contributed by atoms with Crippen LogP contribution in [0.4, 0.5) is 4.39 Å². The van der Waals surface area contributed by atoms with Crippen molar-refractivity contribution in [3.8, 4) is 0 Å². The molecular weight excluding hydrogens is 423 g/mol. The number of carbonyl (C=O) groups is 1. The summed E-state index contributed by atoms with van der Waals surface area (Å²) in [5, 5.41) is 0.582. The predicted molar refractivity (Wildman–Crippen MR) is 119 cm³/mol. The lowest BCUT2D eigenvalue weighted by molar-refractivity contribution is -0.134. The van der Waals surface area contributed by atoms with Crippen LogP contribution < -0.4 is 0 Å². The fourth-order valence-electron chi connectivity index (χ4n) is 4.69. The van der Waals surface area contributed by atoms with Gasteiger partial charge in [0.2, 0.25) is 5.91 Å². The van der Waals surface area contributed by atoms with Crippen molar-refractivity contribution in [1.82, 2.24) is 9.80 Å². The van der Waals surface area contributed by atoms with Crippen molar-refractivity contribution in [3.63, 3.8) is 0 Å². The van der Waals surface area contributed by atoms with Crippen LogP contribution >= 0.6 is 22.9 Å². The van der Waals surface area contributed by atoms with Crippen LogP contribution in [-0.2, 0) is 28.0 Å². The van der Waals surface area contributed by atoms with Crippen molar-refractivity contribution in [2.45, 2.75) is 31.3 Å². The number of amides is 1. The number of carbonyl (C=O) groups excluding carboxylic acids is 1. The zero-order valence-corrected chi connectivity index (χ0v) is 19.1. The first-order chi connectivity index (χ1) is 14.4. The van der Waals surface area contributed by atoms with E-state index in [1.807, 2.05) is 24.3 Å². The molecule has 0 saturated carbocycles. The van der Waals surface area contributed by atoms with E-state index < -0.39 is 0 Å². The third-order valence-corrected chi connectivity index (χ3v) is 7.82. The summed E-state index contributed by atoms with van der Waals surface area (Å²) in [6.45, 7) is 3.00. The second-order valence-electron chi connectivity index (χ2n) is 8.52. The first-order valence-electron chi connectivity index (χ1n) is 10.5. The standard InChI is InChI=1S/C23H28ClFN2O2S/c1-26(2)22(28)18(13-16-5-3-4-6-19(16)24)15-27-10-8-23(9-11-27)21-17(7-12-29-23)14-20(25)30-21/h3-6,14,18H,7-13,15H2,1-2H3/t18-/m1/s1. The zero-order chi connectivity index (χ0) is 21.3. The van der Waals surface area contributed by atoms with Crippen LogP contribution in [0.25, 0.3) is 0 Å². The molecule has 0 bridgehead atoms. The van der Waals surface area contributed by atoms with Crippen molar-refractivity contribution in [2.75, 3.05) is 40.3 Å². The summed E-state index contributed by atoms with van der Waals surface area (Å²) < 4.78 is 20.1. The third-order valence-electron chi connectivity index (χ3n) is 6.30. The summed E-state index contributed by atoms with van der Waals surface area (Å²) in [5.41, 5.74) is 1.75. The van der Waals surface area contributed by atoms with Crippen LogP contribution in [0, 0.1) is 11.0 Å². The van der Waals surface area contributed by atoms with Crippen LogP contribution in [0.1, 0.15) is 28.8 Å². The Morgan fingerprint density at radius 1 is 1.33 bits per heavy atom. The molecule has 1 atom stereocenters. The molecule has 1 amide bonds. The Morgan fingerprint density at radius 2 is 2.07 bits per heavy atom. The van der Waals surface area contributed by atoms with Crippen molar-refractivity contribution in [2.24, 2.45) is 5.92 Å². The molecule has 0 aliphatic carbocycles. The molecule has 2 aromatic rings. The topological polar surface area (TPSA) is 32.8 Å². The first kappa shape index (κ1) is 21.8. The molecule has 30 heavy (non-hydrogen) atoms. The van der Waals surface area contributed by atoms with Crippen molar-refractivity contribution in [1.29, 1.82) is 0 Å². The highest BCUT2D eigenvalue weighted by molar-refractivity contribution is 7.10. The number of fused-ring (bicyclic) bond motifs is 2. The molecule has 4 rings (SSSR count). The van der Waals surface area contributed by atoms with Crippen LogP contribution in [0.15, 0.2) is 30.3 Å². The number of hydrogen-bond donors (Lipinski definition) is 0. The molecule has 1 aromatic carbocycles. The van der Waals surface area contributed by atoms with E-state index in [9.17, 15) is 9.18 Å². The van der Waals surface area contributed by atoms with E-state index in [1.54, 1.807) is 25.1 Å². The molecule has 2 aliphatic heterocycles. The monoisotopic (exact) mass is 450 g/mol. The molecule has 0 radical (unpaired) electrons.